The third kappa shape index (κ3) is 4.94. The maximum Gasteiger partial charge on any atom is 0.434 e. The number of hydrogen-bond donors (Lipinski definition) is 1. The van der Waals surface area contributed by atoms with Crippen LogP contribution in [-0.2, 0) is 18.6 Å². The smallest absolute Gasteiger partial charge is 0.434 e. The Morgan fingerprint density at radius 2 is 2.09 bits per heavy atom. The molecule has 22 heavy (non-hydrogen) atoms. The highest BCUT2D eigenvalue weighted by Crippen LogP contribution is 2.19. The van der Waals surface area contributed by atoms with Crippen molar-refractivity contribution in [1.29, 1.82) is 0 Å². The number of aromatic nitrogens is 2. The number of ether oxygens (including phenoxy) is 1. The van der Waals surface area contributed by atoms with Gasteiger partial charge in [-0.25, -0.2) is 9.89 Å². The van der Waals surface area contributed by atoms with E-state index < -0.39 is 5.76 Å². The maximum absolute atomic E-state index is 10.8. The van der Waals surface area contributed by atoms with Crippen molar-refractivity contribution >= 4 is 11.8 Å². The normalized spacial score (nSPS) is 10.8. The van der Waals surface area contributed by atoms with Crippen LogP contribution in [0, 0.1) is 0 Å². The summed E-state index contributed by atoms with van der Waals surface area (Å²) in [5, 5.41) is 6.01. The second kappa shape index (κ2) is 8.68. The van der Waals surface area contributed by atoms with E-state index in [1.807, 2.05) is 6.07 Å². The number of thioether (sulfide) groups is 1. The molecule has 1 aromatic heterocycles. The lowest BCUT2D eigenvalue weighted by atomic mass is 10.0. The third-order valence-corrected chi connectivity index (χ3v) is 4.38. The number of benzene rings is 1. The summed E-state index contributed by atoms with van der Waals surface area (Å²) in [7, 11) is 0. The Morgan fingerprint density at radius 3 is 2.77 bits per heavy atom. The van der Waals surface area contributed by atoms with Crippen LogP contribution in [0.1, 0.15) is 37.3 Å². The molecule has 0 fully saturated rings. The molecule has 1 aromatic carbocycles. The topological polar surface area (TPSA) is 68.1 Å². The van der Waals surface area contributed by atoms with Crippen LogP contribution in [0.15, 0.2) is 27.4 Å². The van der Waals surface area contributed by atoms with E-state index in [1.54, 1.807) is 11.8 Å². The molecule has 1 N–H and O–H groups in total. The molecule has 0 unspecified atom stereocenters. The molecule has 5 nitrogen and oxygen atoms in total. The molecule has 0 amide bonds. The summed E-state index contributed by atoms with van der Waals surface area (Å²) in [4.78, 5) is 10.8. The van der Waals surface area contributed by atoms with Gasteiger partial charge in [-0.15, -0.1) is 5.10 Å². The van der Waals surface area contributed by atoms with Gasteiger partial charge >= 0.3 is 5.76 Å². The van der Waals surface area contributed by atoms with Crippen molar-refractivity contribution in [3.8, 4) is 5.75 Å². The Hall–Kier alpha value is -1.69. The van der Waals surface area contributed by atoms with Crippen LogP contribution in [0.2, 0.25) is 0 Å². The fourth-order valence-corrected chi connectivity index (χ4v) is 2.96. The fraction of sp³-hybridized carbons (Fsp3) is 0.500. The van der Waals surface area contributed by atoms with Gasteiger partial charge in [0, 0.05) is 0 Å². The average Bonchev–Trinajstić information content (AvgIpc) is 2.95. The Bertz CT molecular complexity index is 636. The van der Waals surface area contributed by atoms with Gasteiger partial charge in [0.2, 0.25) is 5.89 Å². The molecular formula is C16H22N2O3S. The summed E-state index contributed by atoms with van der Waals surface area (Å²) in [6, 6.07) is 6.34. The van der Waals surface area contributed by atoms with Crippen molar-refractivity contribution in [3.63, 3.8) is 0 Å². The van der Waals surface area contributed by atoms with Gasteiger partial charge in [0.25, 0.3) is 0 Å². The lowest BCUT2D eigenvalue weighted by molar-refractivity contribution is 0.318. The number of aryl methyl sites for hydroxylation is 2. The van der Waals surface area contributed by atoms with Crippen molar-refractivity contribution in [2.45, 2.75) is 38.9 Å². The van der Waals surface area contributed by atoms with Crippen molar-refractivity contribution < 1.29 is 9.15 Å². The molecular weight excluding hydrogens is 300 g/mol. The quantitative estimate of drug-likeness (QED) is 0.718. The molecule has 0 radical (unpaired) electrons. The lowest BCUT2D eigenvalue weighted by Gasteiger charge is -2.10. The monoisotopic (exact) mass is 322 g/mol. The zero-order valence-electron chi connectivity index (χ0n) is 13.1. The van der Waals surface area contributed by atoms with Gasteiger partial charge in [-0.3, -0.25) is 0 Å². The van der Waals surface area contributed by atoms with Crippen LogP contribution in [-0.4, -0.2) is 22.6 Å². The molecule has 0 bridgehead atoms. The number of nitrogens with one attached hydrogen (secondary N) is 1. The summed E-state index contributed by atoms with van der Waals surface area (Å²) in [6.07, 6.45) is 3.03. The largest absolute Gasteiger partial charge is 0.494 e. The SMILES string of the molecule is CCc1ccc(OCCCSCc2n[nH]c(=O)o2)cc1CC. The second-order valence-electron chi connectivity index (χ2n) is 4.90. The summed E-state index contributed by atoms with van der Waals surface area (Å²) in [6.45, 7) is 5.03. The predicted molar refractivity (Wildman–Crippen MR) is 88.6 cm³/mol. The first kappa shape index (κ1) is 16.7. The molecule has 0 saturated carbocycles. The standard InChI is InChI=1S/C16H22N2O3S/c1-3-12-6-7-14(10-13(12)4-2)20-8-5-9-22-11-15-17-18-16(19)21-15/h6-7,10H,3-5,8-9,11H2,1-2H3,(H,18,19). The predicted octanol–water partition coefficient (Wildman–Crippen LogP) is 3.19. The summed E-state index contributed by atoms with van der Waals surface area (Å²) in [5.41, 5.74) is 2.76. The third-order valence-electron chi connectivity index (χ3n) is 3.35. The number of H-pyrrole nitrogens is 1. The first-order valence-electron chi connectivity index (χ1n) is 7.59. The van der Waals surface area contributed by atoms with Gasteiger partial charge in [0.15, 0.2) is 0 Å². The average molecular weight is 322 g/mol. The van der Waals surface area contributed by atoms with E-state index in [0.29, 0.717) is 18.3 Å². The van der Waals surface area contributed by atoms with Gasteiger partial charge in [0.05, 0.1) is 12.4 Å². The van der Waals surface area contributed by atoms with Crippen LogP contribution in [0.5, 0.6) is 5.75 Å². The van der Waals surface area contributed by atoms with Gasteiger partial charge in [-0.2, -0.15) is 11.8 Å². The number of rotatable bonds is 9. The highest BCUT2D eigenvalue weighted by molar-refractivity contribution is 7.98. The minimum absolute atomic E-state index is 0.443. The Balaban J connectivity index is 1.67. The summed E-state index contributed by atoms with van der Waals surface area (Å²) >= 11 is 1.67. The number of aromatic amines is 1. The molecule has 0 aliphatic carbocycles. The molecule has 0 aliphatic heterocycles. The van der Waals surface area contributed by atoms with Gasteiger partial charge in [-0.05, 0) is 48.3 Å². The number of nitrogens with zero attached hydrogens (tertiary/aromatic N) is 1. The van der Waals surface area contributed by atoms with E-state index in [0.717, 1.165) is 30.8 Å². The summed E-state index contributed by atoms with van der Waals surface area (Å²) < 4.78 is 10.6. The van der Waals surface area contributed by atoms with Crippen molar-refractivity contribution in [2.75, 3.05) is 12.4 Å². The van der Waals surface area contributed by atoms with Gasteiger partial charge < -0.3 is 9.15 Å². The van der Waals surface area contributed by atoms with Crippen LogP contribution in [0.25, 0.3) is 0 Å². The number of hydrogen-bond acceptors (Lipinski definition) is 5. The summed E-state index contributed by atoms with van der Waals surface area (Å²) in [5.74, 6) is 2.42. The molecule has 2 rings (SSSR count). The molecule has 0 spiro atoms. The van der Waals surface area contributed by atoms with Crippen LogP contribution < -0.4 is 10.5 Å². The Morgan fingerprint density at radius 1 is 1.27 bits per heavy atom. The molecule has 2 aromatic rings. The minimum Gasteiger partial charge on any atom is -0.494 e. The molecule has 0 aliphatic rings. The van der Waals surface area contributed by atoms with E-state index in [4.69, 9.17) is 9.15 Å². The van der Waals surface area contributed by atoms with Crippen LogP contribution in [0.3, 0.4) is 0 Å². The maximum atomic E-state index is 10.8. The van der Waals surface area contributed by atoms with E-state index in [1.165, 1.54) is 11.1 Å². The Labute approximate surface area is 134 Å². The van der Waals surface area contributed by atoms with E-state index >= 15 is 0 Å². The lowest BCUT2D eigenvalue weighted by Crippen LogP contribution is -2.00. The van der Waals surface area contributed by atoms with E-state index in [-0.39, 0.29) is 0 Å². The van der Waals surface area contributed by atoms with E-state index in [2.05, 4.69) is 36.2 Å². The van der Waals surface area contributed by atoms with Crippen molar-refractivity contribution in [1.82, 2.24) is 10.2 Å². The van der Waals surface area contributed by atoms with Crippen LogP contribution >= 0.6 is 11.8 Å². The zero-order chi connectivity index (χ0) is 15.8. The molecule has 6 heteroatoms. The zero-order valence-corrected chi connectivity index (χ0v) is 13.9. The first-order chi connectivity index (χ1) is 10.7. The van der Waals surface area contributed by atoms with Crippen LogP contribution in [0.4, 0.5) is 0 Å². The van der Waals surface area contributed by atoms with Crippen molar-refractivity contribution in [3.05, 3.63) is 45.8 Å². The van der Waals surface area contributed by atoms with E-state index in [9.17, 15) is 4.79 Å². The highest BCUT2D eigenvalue weighted by atomic mass is 32.2. The molecule has 1 heterocycles. The minimum atomic E-state index is -0.499. The molecule has 0 atom stereocenters. The van der Waals surface area contributed by atoms with Gasteiger partial charge in [0.1, 0.15) is 5.75 Å². The first-order valence-corrected chi connectivity index (χ1v) is 8.75. The highest BCUT2D eigenvalue weighted by Gasteiger charge is 2.03. The molecule has 120 valence electrons. The molecule has 0 saturated heterocycles. The van der Waals surface area contributed by atoms with Crippen molar-refractivity contribution in [2.24, 2.45) is 0 Å². The second-order valence-corrected chi connectivity index (χ2v) is 6.00. The fourth-order valence-electron chi connectivity index (χ4n) is 2.20. The van der Waals surface area contributed by atoms with Gasteiger partial charge in [-0.1, -0.05) is 19.9 Å². The Kier molecular flexibility index (Phi) is 6.58.